The highest BCUT2D eigenvalue weighted by molar-refractivity contribution is 5.56. The second-order valence-corrected chi connectivity index (χ2v) is 3.50. The molecule has 1 rings (SSSR count). The first-order valence-electron chi connectivity index (χ1n) is 4.88. The number of hydrogen-bond acceptors (Lipinski definition) is 3. The molecule has 0 aliphatic heterocycles. The van der Waals surface area contributed by atoms with Gasteiger partial charge in [-0.1, -0.05) is 12.2 Å². The van der Waals surface area contributed by atoms with Crippen molar-refractivity contribution in [2.75, 3.05) is 26.1 Å². The van der Waals surface area contributed by atoms with Gasteiger partial charge in [0.1, 0.15) is 5.82 Å². The molecule has 0 aromatic heterocycles. The number of ether oxygens (including phenoxy) is 2. The smallest absolute Gasteiger partial charge is 0.163 e. The Bertz CT molecular complexity index is 391. The van der Waals surface area contributed by atoms with Crippen LogP contribution in [-0.2, 0) is 0 Å². The Morgan fingerprint density at radius 1 is 1.31 bits per heavy atom. The van der Waals surface area contributed by atoms with E-state index < -0.39 is 0 Å². The lowest BCUT2D eigenvalue weighted by Crippen LogP contribution is -2.04. The molecule has 0 aliphatic carbocycles. The quantitative estimate of drug-likeness (QED) is 0.782. The predicted octanol–water partition coefficient (Wildman–Crippen LogP) is 2.83. The van der Waals surface area contributed by atoms with Gasteiger partial charge in [-0.25, -0.2) is 4.39 Å². The van der Waals surface area contributed by atoms with Crippen LogP contribution >= 0.6 is 0 Å². The van der Waals surface area contributed by atoms with Crippen molar-refractivity contribution in [3.05, 3.63) is 30.1 Å². The van der Waals surface area contributed by atoms with Gasteiger partial charge in [0.05, 0.1) is 19.9 Å². The lowest BCUT2D eigenvalue weighted by atomic mass is 10.2. The monoisotopic (exact) mass is 225 g/mol. The summed E-state index contributed by atoms with van der Waals surface area (Å²) >= 11 is 0. The Morgan fingerprint density at radius 2 is 1.88 bits per heavy atom. The second-order valence-electron chi connectivity index (χ2n) is 3.50. The third-order valence-electron chi connectivity index (χ3n) is 2.05. The van der Waals surface area contributed by atoms with E-state index in [-0.39, 0.29) is 5.82 Å². The van der Waals surface area contributed by atoms with Crippen LogP contribution in [0.4, 0.5) is 10.1 Å². The highest BCUT2D eigenvalue weighted by Gasteiger charge is 2.10. The van der Waals surface area contributed by atoms with Crippen molar-refractivity contribution in [1.82, 2.24) is 0 Å². The summed E-state index contributed by atoms with van der Waals surface area (Å²) < 4.78 is 23.6. The van der Waals surface area contributed by atoms with E-state index in [9.17, 15) is 4.39 Å². The van der Waals surface area contributed by atoms with Crippen LogP contribution in [0.2, 0.25) is 0 Å². The number of rotatable bonds is 5. The molecule has 0 aliphatic rings. The van der Waals surface area contributed by atoms with Gasteiger partial charge in [-0.3, -0.25) is 0 Å². The predicted molar refractivity (Wildman–Crippen MR) is 62.8 cm³/mol. The topological polar surface area (TPSA) is 30.5 Å². The van der Waals surface area contributed by atoms with Gasteiger partial charge in [-0.2, -0.15) is 0 Å². The molecule has 88 valence electrons. The zero-order chi connectivity index (χ0) is 12.1. The van der Waals surface area contributed by atoms with Gasteiger partial charge < -0.3 is 14.8 Å². The molecule has 16 heavy (non-hydrogen) atoms. The van der Waals surface area contributed by atoms with Gasteiger partial charge in [0, 0.05) is 18.7 Å². The Kier molecular flexibility index (Phi) is 4.17. The normalized spacial score (nSPS) is 9.75. The number of halogens is 1. The largest absolute Gasteiger partial charge is 0.493 e. The van der Waals surface area contributed by atoms with Crippen LogP contribution in [0.15, 0.2) is 24.3 Å². The first-order valence-corrected chi connectivity index (χ1v) is 4.88. The van der Waals surface area contributed by atoms with Gasteiger partial charge in [0.25, 0.3) is 0 Å². The van der Waals surface area contributed by atoms with Crippen molar-refractivity contribution in [2.24, 2.45) is 0 Å². The van der Waals surface area contributed by atoms with Gasteiger partial charge in [-0.05, 0) is 6.92 Å². The minimum absolute atomic E-state index is 0.376. The van der Waals surface area contributed by atoms with Crippen molar-refractivity contribution in [3.8, 4) is 11.5 Å². The van der Waals surface area contributed by atoms with E-state index in [4.69, 9.17) is 9.47 Å². The fourth-order valence-corrected chi connectivity index (χ4v) is 1.24. The van der Waals surface area contributed by atoms with Crippen LogP contribution in [0.25, 0.3) is 0 Å². The van der Waals surface area contributed by atoms with Crippen LogP contribution in [0.3, 0.4) is 0 Å². The average Bonchev–Trinajstić information content (AvgIpc) is 2.26. The third-order valence-corrected chi connectivity index (χ3v) is 2.05. The Labute approximate surface area is 94.9 Å². The number of methoxy groups -OCH3 is 2. The molecule has 0 atom stereocenters. The summed E-state index contributed by atoms with van der Waals surface area (Å²) in [6, 6.07) is 2.86. The van der Waals surface area contributed by atoms with Crippen LogP contribution in [-0.4, -0.2) is 20.8 Å². The molecular formula is C12H16FNO2. The van der Waals surface area contributed by atoms with E-state index in [2.05, 4.69) is 11.9 Å². The second kappa shape index (κ2) is 5.39. The molecule has 0 saturated carbocycles. The number of hydrogen-bond donors (Lipinski definition) is 1. The summed E-state index contributed by atoms with van der Waals surface area (Å²) in [7, 11) is 2.98. The van der Waals surface area contributed by atoms with Crippen molar-refractivity contribution >= 4 is 5.69 Å². The Balaban J connectivity index is 2.96. The number of nitrogens with one attached hydrogen (secondary N) is 1. The van der Waals surface area contributed by atoms with Crippen LogP contribution in [0.5, 0.6) is 11.5 Å². The van der Waals surface area contributed by atoms with Gasteiger partial charge in [0.15, 0.2) is 11.5 Å². The van der Waals surface area contributed by atoms with E-state index in [1.165, 1.54) is 20.3 Å². The average molecular weight is 225 g/mol. The van der Waals surface area contributed by atoms with E-state index in [0.29, 0.717) is 23.7 Å². The summed E-state index contributed by atoms with van der Waals surface area (Å²) in [6.07, 6.45) is 0. The number of anilines is 1. The maximum atomic E-state index is 13.6. The van der Waals surface area contributed by atoms with Crippen molar-refractivity contribution in [3.63, 3.8) is 0 Å². The summed E-state index contributed by atoms with van der Waals surface area (Å²) in [5.74, 6) is 0.493. The Hall–Kier alpha value is -1.71. The summed E-state index contributed by atoms with van der Waals surface area (Å²) in [5.41, 5.74) is 1.30. The molecule has 3 nitrogen and oxygen atoms in total. The first kappa shape index (κ1) is 12.4. The SMILES string of the molecule is C=C(C)CNc1cc(OC)c(OC)cc1F. The van der Waals surface area contributed by atoms with E-state index in [1.54, 1.807) is 6.07 Å². The molecule has 0 radical (unpaired) electrons. The maximum absolute atomic E-state index is 13.6. The Morgan fingerprint density at radius 3 is 2.38 bits per heavy atom. The van der Waals surface area contributed by atoms with Gasteiger partial charge in [-0.15, -0.1) is 0 Å². The summed E-state index contributed by atoms with van der Waals surface area (Å²) in [4.78, 5) is 0. The third kappa shape index (κ3) is 2.89. The lowest BCUT2D eigenvalue weighted by Gasteiger charge is -2.12. The van der Waals surface area contributed by atoms with Crippen molar-refractivity contribution in [2.45, 2.75) is 6.92 Å². The molecule has 0 fully saturated rings. The molecule has 0 unspecified atom stereocenters. The highest BCUT2D eigenvalue weighted by atomic mass is 19.1. The molecule has 0 saturated heterocycles. The fourth-order valence-electron chi connectivity index (χ4n) is 1.24. The molecule has 0 bridgehead atoms. The van der Waals surface area contributed by atoms with E-state index in [0.717, 1.165) is 5.57 Å². The van der Waals surface area contributed by atoms with Crippen molar-refractivity contribution < 1.29 is 13.9 Å². The van der Waals surface area contributed by atoms with Crippen LogP contribution in [0.1, 0.15) is 6.92 Å². The van der Waals surface area contributed by atoms with Crippen LogP contribution < -0.4 is 14.8 Å². The standard InChI is InChI=1S/C12H16FNO2/c1-8(2)7-14-10-6-12(16-4)11(15-3)5-9(10)13/h5-6,14H,1,7H2,2-4H3. The maximum Gasteiger partial charge on any atom is 0.163 e. The fraction of sp³-hybridized carbons (Fsp3) is 0.333. The molecule has 0 spiro atoms. The zero-order valence-corrected chi connectivity index (χ0v) is 9.76. The van der Waals surface area contributed by atoms with Gasteiger partial charge >= 0.3 is 0 Å². The minimum Gasteiger partial charge on any atom is -0.493 e. The molecule has 0 amide bonds. The highest BCUT2D eigenvalue weighted by Crippen LogP contribution is 2.32. The number of benzene rings is 1. The molecule has 1 N–H and O–H groups in total. The molecule has 0 heterocycles. The van der Waals surface area contributed by atoms with Gasteiger partial charge in [0.2, 0.25) is 0 Å². The lowest BCUT2D eigenvalue weighted by molar-refractivity contribution is 0.353. The zero-order valence-electron chi connectivity index (χ0n) is 9.76. The summed E-state index contributed by atoms with van der Waals surface area (Å²) in [6.45, 7) is 6.12. The first-order chi connectivity index (χ1) is 7.58. The molecule has 4 heteroatoms. The van der Waals surface area contributed by atoms with Crippen molar-refractivity contribution in [1.29, 1.82) is 0 Å². The molecule has 1 aromatic rings. The minimum atomic E-state index is -0.376. The molecular weight excluding hydrogens is 209 g/mol. The van der Waals surface area contributed by atoms with E-state index >= 15 is 0 Å². The summed E-state index contributed by atoms with van der Waals surface area (Å²) in [5, 5.41) is 2.93. The molecule has 1 aromatic carbocycles. The van der Waals surface area contributed by atoms with Crippen LogP contribution in [0, 0.1) is 5.82 Å². The van der Waals surface area contributed by atoms with E-state index in [1.807, 2.05) is 6.92 Å².